The van der Waals surface area contributed by atoms with Gasteiger partial charge in [0.05, 0.1) is 25.9 Å². The summed E-state index contributed by atoms with van der Waals surface area (Å²) in [6.07, 6.45) is 18.2. The summed E-state index contributed by atoms with van der Waals surface area (Å²) in [6.45, 7) is 4.88. The van der Waals surface area contributed by atoms with Gasteiger partial charge in [-0.05, 0) is 80.0 Å². The highest BCUT2D eigenvalue weighted by molar-refractivity contribution is 5.95. The van der Waals surface area contributed by atoms with Crippen molar-refractivity contribution in [1.82, 2.24) is 20.3 Å². The molecule has 36 heavy (non-hydrogen) atoms. The zero-order valence-corrected chi connectivity index (χ0v) is 21.5. The average molecular weight is 485 g/mol. The molecule has 0 saturated heterocycles. The van der Waals surface area contributed by atoms with Crippen molar-refractivity contribution in [2.24, 2.45) is 23.2 Å². The van der Waals surface area contributed by atoms with Gasteiger partial charge in [0.1, 0.15) is 11.4 Å². The summed E-state index contributed by atoms with van der Waals surface area (Å²) in [5.74, 6) is 3.10. The molecule has 0 aliphatic heterocycles. The summed E-state index contributed by atoms with van der Waals surface area (Å²) in [7, 11) is 1.74. The first kappa shape index (κ1) is 23.3. The molecule has 1 aromatic heterocycles. The Morgan fingerprint density at radius 2 is 2.11 bits per heavy atom. The summed E-state index contributed by atoms with van der Waals surface area (Å²) in [6, 6.07) is 6.82. The van der Waals surface area contributed by atoms with Gasteiger partial charge in [0, 0.05) is 16.9 Å². The van der Waals surface area contributed by atoms with Crippen LogP contribution in [0.2, 0.25) is 0 Å². The number of aromatic nitrogens is 3. The first-order valence-corrected chi connectivity index (χ1v) is 13.4. The van der Waals surface area contributed by atoms with Gasteiger partial charge in [-0.2, -0.15) is 0 Å². The van der Waals surface area contributed by atoms with Crippen LogP contribution in [0.4, 0.5) is 0 Å². The molecule has 6 rings (SSSR count). The van der Waals surface area contributed by atoms with Crippen LogP contribution in [0, 0.1) is 23.2 Å². The van der Waals surface area contributed by atoms with E-state index in [1.54, 1.807) is 7.11 Å². The zero-order chi connectivity index (χ0) is 24.9. The number of aryl methyl sites for hydroxylation is 1. The molecule has 1 fully saturated rings. The molecule has 0 spiro atoms. The fourth-order valence-corrected chi connectivity index (χ4v) is 7.41. The van der Waals surface area contributed by atoms with E-state index in [0.717, 1.165) is 42.7 Å². The monoisotopic (exact) mass is 484 g/mol. The quantitative estimate of drug-likeness (QED) is 0.604. The number of rotatable bonds is 6. The first-order chi connectivity index (χ1) is 17.5. The fourth-order valence-electron chi connectivity index (χ4n) is 7.41. The molecular weight excluding hydrogens is 448 g/mol. The van der Waals surface area contributed by atoms with Gasteiger partial charge < -0.3 is 10.1 Å². The molecule has 6 heteroatoms. The Hall–Kier alpha value is -3.15. The number of hydrogen-bond donors (Lipinski definition) is 1. The van der Waals surface area contributed by atoms with Crippen molar-refractivity contribution in [1.29, 1.82) is 0 Å². The molecule has 1 N–H and O–H groups in total. The second-order valence-corrected chi connectivity index (χ2v) is 11.3. The van der Waals surface area contributed by atoms with Crippen molar-refractivity contribution >= 4 is 5.91 Å². The number of fused-ring (bicyclic) bond motifs is 5. The number of amides is 1. The maximum absolute atomic E-state index is 13.4. The van der Waals surface area contributed by atoms with Crippen LogP contribution in [0.5, 0.6) is 5.75 Å². The van der Waals surface area contributed by atoms with Crippen LogP contribution in [0.3, 0.4) is 0 Å². The largest absolute Gasteiger partial charge is 0.497 e. The van der Waals surface area contributed by atoms with Crippen molar-refractivity contribution in [2.45, 2.75) is 64.5 Å². The minimum Gasteiger partial charge on any atom is -0.497 e. The van der Waals surface area contributed by atoms with Crippen LogP contribution < -0.4 is 10.1 Å². The lowest BCUT2D eigenvalue weighted by atomic mass is 9.54. The van der Waals surface area contributed by atoms with Gasteiger partial charge in [-0.1, -0.05) is 48.6 Å². The average Bonchev–Trinajstić information content (AvgIpc) is 3.66. The molecule has 1 aromatic carbocycles. The molecule has 6 nitrogen and oxygen atoms in total. The molecular formula is C30H36N4O2. The van der Waals surface area contributed by atoms with Crippen molar-refractivity contribution in [3.8, 4) is 5.75 Å². The number of allylic oxidation sites excluding steroid dienone is 5. The molecule has 2 aromatic rings. The highest BCUT2D eigenvalue weighted by atomic mass is 16.5. The number of nitrogens with zero attached hydrogens (tertiary/aromatic N) is 3. The zero-order valence-electron chi connectivity index (χ0n) is 21.5. The summed E-state index contributed by atoms with van der Waals surface area (Å²) >= 11 is 0. The maximum Gasteiger partial charge on any atom is 0.247 e. The van der Waals surface area contributed by atoms with Gasteiger partial charge in [-0.25, -0.2) is 4.68 Å². The molecule has 188 valence electrons. The van der Waals surface area contributed by atoms with Crippen LogP contribution in [0.15, 0.2) is 60.3 Å². The minimum atomic E-state index is -0.0531. The van der Waals surface area contributed by atoms with Crippen molar-refractivity contribution in [3.05, 3.63) is 77.2 Å². The van der Waals surface area contributed by atoms with E-state index < -0.39 is 0 Å². The van der Waals surface area contributed by atoms with Gasteiger partial charge in [0.2, 0.25) is 5.91 Å². The molecule has 1 unspecified atom stereocenters. The molecule has 1 amide bonds. The lowest BCUT2D eigenvalue weighted by Gasteiger charge is -2.50. The Balaban J connectivity index is 1.11. The van der Waals surface area contributed by atoms with Gasteiger partial charge in [0.25, 0.3) is 0 Å². The van der Waals surface area contributed by atoms with E-state index in [-0.39, 0.29) is 17.4 Å². The summed E-state index contributed by atoms with van der Waals surface area (Å²) in [5.41, 5.74) is 4.68. The highest BCUT2D eigenvalue weighted by Crippen LogP contribution is 2.61. The normalized spacial score (nSPS) is 29.3. The summed E-state index contributed by atoms with van der Waals surface area (Å²) in [5, 5.41) is 11.8. The second-order valence-electron chi connectivity index (χ2n) is 11.3. The van der Waals surface area contributed by atoms with Gasteiger partial charge in [0.15, 0.2) is 0 Å². The van der Waals surface area contributed by atoms with E-state index in [1.165, 1.54) is 17.5 Å². The molecule has 4 aliphatic rings. The van der Waals surface area contributed by atoms with Gasteiger partial charge >= 0.3 is 0 Å². The van der Waals surface area contributed by atoms with E-state index in [2.05, 4.69) is 78.1 Å². The lowest BCUT2D eigenvalue weighted by Crippen LogP contribution is -2.43. The number of hydrogen-bond acceptors (Lipinski definition) is 4. The number of methoxy groups -OCH3 is 1. The molecule has 1 saturated carbocycles. The number of ether oxygens (including phenoxy) is 1. The van der Waals surface area contributed by atoms with E-state index in [4.69, 9.17) is 4.74 Å². The predicted octanol–water partition coefficient (Wildman–Crippen LogP) is 5.30. The molecule has 0 radical (unpaired) electrons. The Morgan fingerprint density at radius 3 is 2.92 bits per heavy atom. The molecule has 0 bridgehead atoms. The number of nitrogens with one attached hydrogen (secondary N) is 1. The van der Waals surface area contributed by atoms with E-state index >= 15 is 0 Å². The standard InChI is InChI=1S/C30H36N4O2/c1-19(20-6-4-5-7-20)34-18-22(32-33-34)17-31-29(35)28-13-12-27-26-10-8-21-16-23(36-3)9-11-24(21)25(26)14-15-30(27,28)2/h4-7,9,11,13,16,18-20,25-27H,8,10,12,14-15,17H2,1-3H3,(H,31,35)/t19?,25-,26-,27+,30+/m1/s1. The maximum atomic E-state index is 13.4. The fraction of sp³-hybridized carbons (Fsp3) is 0.500. The molecule has 1 heterocycles. The number of benzene rings is 1. The summed E-state index contributed by atoms with van der Waals surface area (Å²) in [4.78, 5) is 13.4. The highest BCUT2D eigenvalue weighted by Gasteiger charge is 2.53. The second kappa shape index (κ2) is 9.06. The Bertz CT molecular complexity index is 1250. The van der Waals surface area contributed by atoms with E-state index in [9.17, 15) is 4.79 Å². The SMILES string of the molecule is COc1ccc2c(c1)CC[C@@H]1[C@@H]2CC[C@]2(C)C(C(=O)NCc3cn(C(C)C4C=CC=C4)nn3)=CC[C@@H]12. The van der Waals surface area contributed by atoms with Crippen molar-refractivity contribution in [2.75, 3.05) is 7.11 Å². The first-order valence-electron chi connectivity index (χ1n) is 13.4. The lowest BCUT2D eigenvalue weighted by molar-refractivity contribution is -0.119. The number of carbonyl (C=O) groups is 1. The van der Waals surface area contributed by atoms with Gasteiger partial charge in [-0.15, -0.1) is 5.10 Å². The smallest absolute Gasteiger partial charge is 0.247 e. The Labute approximate surface area is 213 Å². The van der Waals surface area contributed by atoms with Crippen LogP contribution in [-0.4, -0.2) is 28.0 Å². The van der Waals surface area contributed by atoms with E-state index in [0.29, 0.717) is 30.2 Å². The van der Waals surface area contributed by atoms with Crippen LogP contribution in [0.1, 0.15) is 68.3 Å². The van der Waals surface area contributed by atoms with Crippen molar-refractivity contribution in [3.63, 3.8) is 0 Å². The Kier molecular flexibility index (Phi) is 5.85. The third-order valence-electron chi connectivity index (χ3n) is 9.50. The topological polar surface area (TPSA) is 69.0 Å². The number of carbonyl (C=O) groups excluding carboxylic acids is 1. The third-order valence-corrected chi connectivity index (χ3v) is 9.50. The van der Waals surface area contributed by atoms with Crippen LogP contribution in [0.25, 0.3) is 0 Å². The van der Waals surface area contributed by atoms with Crippen LogP contribution in [-0.2, 0) is 17.8 Å². The van der Waals surface area contributed by atoms with Gasteiger partial charge in [-0.3, -0.25) is 4.79 Å². The summed E-state index contributed by atoms with van der Waals surface area (Å²) < 4.78 is 7.36. The molecule has 4 aliphatic carbocycles. The van der Waals surface area contributed by atoms with Crippen molar-refractivity contribution < 1.29 is 9.53 Å². The van der Waals surface area contributed by atoms with Crippen LogP contribution >= 0.6 is 0 Å². The van der Waals surface area contributed by atoms with E-state index in [1.807, 2.05) is 10.9 Å². The predicted molar refractivity (Wildman–Crippen MR) is 139 cm³/mol. The third kappa shape index (κ3) is 3.82. The molecule has 5 atom stereocenters. The Morgan fingerprint density at radius 1 is 1.28 bits per heavy atom. The minimum absolute atomic E-state index is 0.0531.